The van der Waals surface area contributed by atoms with Gasteiger partial charge in [0.25, 0.3) is 0 Å². The van der Waals surface area contributed by atoms with Gasteiger partial charge in [0, 0.05) is 36.1 Å². The van der Waals surface area contributed by atoms with Gasteiger partial charge in [-0.05, 0) is 36.2 Å². The second-order valence-electron chi connectivity index (χ2n) is 5.74. The summed E-state index contributed by atoms with van der Waals surface area (Å²) in [6.07, 6.45) is 0.815. The van der Waals surface area contributed by atoms with Crippen molar-refractivity contribution in [1.82, 2.24) is 0 Å². The molecule has 2 aromatic rings. The van der Waals surface area contributed by atoms with Gasteiger partial charge < -0.3 is 10.6 Å². The van der Waals surface area contributed by atoms with Crippen LogP contribution in [-0.2, 0) is 0 Å². The molecule has 22 heavy (non-hydrogen) atoms. The summed E-state index contributed by atoms with van der Waals surface area (Å²) >= 11 is 5.92. The van der Waals surface area contributed by atoms with Crippen molar-refractivity contribution in [3.8, 4) is 0 Å². The lowest BCUT2D eigenvalue weighted by Gasteiger charge is -2.38. The van der Waals surface area contributed by atoms with Crippen LogP contribution in [0.1, 0.15) is 17.9 Å². The van der Waals surface area contributed by atoms with E-state index < -0.39 is 11.6 Å². The minimum Gasteiger partial charge on any atom is -0.367 e. The van der Waals surface area contributed by atoms with Crippen LogP contribution in [-0.4, -0.2) is 19.1 Å². The number of nitrogens with zero attached hydrogens (tertiary/aromatic N) is 1. The summed E-state index contributed by atoms with van der Waals surface area (Å²) in [5, 5.41) is 0.678. The van der Waals surface area contributed by atoms with Crippen LogP contribution in [0.2, 0.25) is 5.02 Å². The van der Waals surface area contributed by atoms with E-state index in [9.17, 15) is 8.78 Å². The molecule has 2 aromatic carbocycles. The number of piperidine rings is 1. The number of benzene rings is 2. The normalized spacial score (nSPS) is 21.9. The Kier molecular flexibility index (Phi) is 4.32. The van der Waals surface area contributed by atoms with Crippen LogP contribution in [0.15, 0.2) is 42.5 Å². The minimum absolute atomic E-state index is 0.0860. The Morgan fingerprint density at radius 2 is 1.77 bits per heavy atom. The lowest BCUT2D eigenvalue weighted by atomic mass is 9.88. The number of halogens is 3. The maximum atomic E-state index is 14.0. The van der Waals surface area contributed by atoms with Crippen molar-refractivity contribution in [2.24, 2.45) is 5.73 Å². The van der Waals surface area contributed by atoms with E-state index in [4.69, 9.17) is 17.3 Å². The molecule has 0 aromatic heterocycles. The summed E-state index contributed by atoms with van der Waals surface area (Å²) in [6.45, 7) is 1.13. The van der Waals surface area contributed by atoms with Crippen LogP contribution < -0.4 is 10.6 Å². The highest BCUT2D eigenvalue weighted by molar-refractivity contribution is 6.30. The molecule has 1 fully saturated rings. The van der Waals surface area contributed by atoms with E-state index >= 15 is 0 Å². The quantitative estimate of drug-likeness (QED) is 0.907. The summed E-state index contributed by atoms with van der Waals surface area (Å²) in [6, 6.07) is 11.0. The molecule has 0 aliphatic carbocycles. The fourth-order valence-electron chi connectivity index (χ4n) is 3.04. The number of hydrogen-bond acceptors (Lipinski definition) is 2. The molecule has 2 nitrogen and oxygen atoms in total. The van der Waals surface area contributed by atoms with Crippen LogP contribution >= 0.6 is 11.6 Å². The monoisotopic (exact) mass is 322 g/mol. The van der Waals surface area contributed by atoms with Gasteiger partial charge in [-0.1, -0.05) is 23.7 Å². The third-order valence-electron chi connectivity index (χ3n) is 4.07. The van der Waals surface area contributed by atoms with Crippen LogP contribution in [0.5, 0.6) is 0 Å². The summed E-state index contributed by atoms with van der Waals surface area (Å²) < 4.78 is 27.4. The van der Waals surface area contributed by atoms with Crippen molar-refractivity contribution in [2.75, 3.05) is 18.0 Å². The molecule has 1 aliphatic rings. The molecule has 116 valence electrons. The molecule has 5 heteroatoms. The largest absolute Gasteiger partial charge is 0.367 e. The van der Waals surface area contributed by atoms with Crippen molar-refractivity contribution < 1.29 is 8.78 Å². The Bertz CT molecular complexity index is 660. The van der Waals surface area contributed by atoms with Gasteiger partial charge in [0.15, 0.2) is 0 Å². The predicted octanol–water partition coefficient (Wildman–Crippen LogP) is 3.94. The predicted molar refractivity (Wildman–Crippen MR) is 85.4 cm³/mol. The first-order valence-electron chi connectivity index (χ1n) is 7.24. The lowest BCUT2D eigenvalue weighted by molar-refractivity contribution is 0.448. The van der Waals surface area contributed by atoms with Crippen molar-refractivity contribution in [3.63, 3.8) is 0 Å². The molecular weight excluding hydrogens is 306 g/mol. The Labute approximate surface area is 133 Å². The first kappa shape index (κ1) is 15.3. The molecule has 2 unspecified atom stereocenters. The molecular formula is C17H17ClF2N2. The van der Waals surface area contributed by atoms with E-state index in [0.29, 0.717) is 18.1 Å². The molecule has 0 amide bonds. The second kappa shape index (κ2) is 6.23. The highest BCUT2D eigenvalue weighted by atomic mass is 35.5. The third kappa shape index (κ3) is 3.23. The van der Waals surface area contributed by atoms with Crippen molar-refractivity contribution in [1.29, 1.82) is 0 Å². The number of nitrogens with two attached hydrogens (primary N) is 1. The molecule has 1 aliphatic heterocycles. The molecule has 2 atom stereocenters. The van der Waals surface area contributed by atoms with Crippen LogP contribution in [0, 0.1) is 11.6 Å². The summed E-state index contributed by atoms with van der Waals surface area (Å²) in [5.41, 5.74) is 7.51. The summed E-state index contributed by atoms with van der Waals surface area (Å²) in [7, 11) is 0. The highest BCUT2D eigenvalue weighted by Crippen LogP contribution is 2.31. The van der Waals surface area contributed by atoms with Gasteiger partial charge in [-0.15, -0.1) is 0 Å². The van der Waals surface area contributed by atoms with Crippen molar-refractivity contribution in [2.45, 2.75) is 18.4 Å². The molecule has 0 spiro atoms. The van der Waals surface area contributed by atoms with Crippen LogP contribution in [0.4, 0.5) is 14.5 Å². The van der Waals surface area contributed by atoms with E-state index in [2.05, 4.69) is 0 Å². The Hall–Kier alpha value is -1.65. The van der Waals surface area contributed by atoms with E-state index in [-0.39, 0.29) is 17.6 Å². The average molecular weight is 323 g/mol. The summed E-state index contributed by atoms with van der Waals surface area (Å²) in [5.74, 6) is -0.701. The number of hydrogen-bond donors (Lipinski definition) is 1. The van der Waals surface area contributed by atoms with Crippen LogP contribution in [0.3, 0.4) is 0 Å². The molecule has 1 heterocycles. The second-order valence-corrected chi connectivity index (χ2v) is 6.18. The van der Waals surface area contributed by atoms with Gasteiger partial charge >= 0.3 is 0 Å². The lowest BCUT2D eigenvalue weighted by Crippen LogP contribution is -2.46. The molecule has 0 radical (unpaired) electrons. The van der Waals surface area contributed by atoms with Gasteiger partial charge in [-0.25, -0.2) is 8.78 Å². The van der Waals surface area contributed by atoms with Gasteiger partial charge in [0.1, 0.15) is 11.6 Å². The molecule has 1 saturated heterocycles. The van der Waals surface area contributed by atoms with Gasteiger partial charge in [-0.3, -0.25) is 0 Å². The fraction of sp³-hybridized carbons (Fsp3) is 0.294. The molecule has 3 rings (SSSR count). The first-order chi connectivity index (χ1) is 10.5. The SMILES string of the molecule is NC1CC(c2ccc(Cl)cc2)CN(c2cc(F)ccc2F)C1. The zero-order valence-electron chi connectivity index (χ0n) is 12.0. The van der Waals surface area contributed by atoms with E-state index in [1.807, 2.05) is 29.2 Å². The maximum Gasteiger partial charge on any atom is 0.146 e. The molecule has 0 bridgehead atoms. The molecule has 0 saturated carbocycles. The average Bonchev–Trinajstić information content (AvgIpc) is 2.50. The topological polar surface area (TPSA) is 29.3 Å². The van der Waals surface area contributed by atoms with E-state index in [0.717, 1.165) is 24.1 Å². The Balaban J connectivity index is 1.87. The zero-order valence-corrected chi connectivity index (χ0v) is 12.7. The van der Waals surface area contributed by atoms with Crippen molar-refractivity contribution >= 4 is 17.3 Å². The molecule has 2 N–H and O–H groups in total. The van der Waals surface area contributed by atoms with E-state index in [1.165, 1.54) is 6.07 Å². The highest BCUT2D eigenvalue weighted by Gasteiger charge is 2.28. The van der Waals surface area contributed by atoms with Crippen LogP contribution in [0.25, 0.3) is 0 Å². The van der Waals surface area contributed by atoms with Gasteiger partial charge in [0.2, 0.25) is 0 Å². The maximum absolute atomic E-state index is 14.0. The standard InChI is InChI=1S/C17H17ClF2N2/c18-13-3-1-11(2-4-13)12-7-15(21)10-22(9-12)17-8-14(19)5-6-16(17)20/h1-6,8,12,15H,7,9-10,21H2. The van der Waals surface area contributed by atoms with Crippen molar-refractivity contribution in [3.05, 3.63) is 64.7 Å². The van der Waals surface area contributed by atoms with Gasteiger partial charge in [0.05, 0.1) is 5.69 Å². The first-order valence-corrected chi connectivity index (χ1v) is 7.62. The third-order valence-corrected chi connectivity index (χ3v) is 4.33. The minimum atomic E-state index is -0.446. The zero-order chi connectivity index (χ0) is 15.7. The van der Waals surface area contributed by atoms with E-state index in [1.54, 1.807) is 0 Å². The number of rotatable bonds is 2. The van der Waals surface area contributed by atoms with Gasteiger partial charge in [-0.2, -0.15) is 0 Å². The number of anilines is 1. The Morgan fingerprint density at radius 1 is 1.05 bits per heavy atom. The Morgan fingerprint density at radius 3 is 2.50 bits per heavy atom. The smallest absolute Gasteiger partial charge is 0.146 e. The summed E-state index contributed by atoms with van der Waals surface area (Å²) in [4.78, 5) is 1.83. The fourth-order valence-corrected chi connectivity index (χ4v) is 3.17.